The minimum absolute atomic E-state index is 0.353. The van der Waals surface area contributed by atoms with Crippen LogP contribution in [0.2, 0.25) is 0 Å². The van der Waals surface area contributed by atoms with Crippen LogP contribution in [0.1, 0.15) is 10.6 Å². The number of morpholine rings is 1. The van der Waals surface area contributed by atoms with Gasteiger partial charge in [-0.15, -0.1) is 11.3 Å². The van der Waals surface area contributed by atoms with Crippen LogP contribution in [-0.2, 0) is 11.3 Å². The Morgan fingerprint density at radius 1 is 0.971 bits per heavy atom. The van der Waals surface area contributed by atoms with Crippen molar-refractivity contribution >= 4 is 59.8 Å². The number of anilines is 1. The molecule has 0 amide bonds. The normalized spacial score (nSPS) is 14.2. The van der Waals surface area contributed by atoms with Crippen LogP contribution < -0.4 is 19.1 Å². The number of aryl methyl sites for hydroxylation is 1. The minimum atomic E-state index is 0.353. The number of fused-ring (bicyclic) bond motifs is 2. The van der Waals surface area contributed by atoms with E-state index in [0.717, 1.165) is 62.1 Å². The summed E-state index contributed by atoms with van der Waals surface area (Å²) in [6.45, 7) is 5.61. The van der Waals surface area contributed by atoms with E-state index >= 15 is 0 Å². The number of methoxy groups -OCH3 is 2. The minimum Gasteiger partial charge on any atom is -0.496 e. The van der Waals surface area contributed by atoms with E-state index in [2.05, 4.69) is 21.8 Å². The zero-order valence-corrected chi connectivity index (χ0v) is 21.8. The summed E-state index contributed by atoms with van der Waals surface area (Å²) in [7, 11) is 3.23. The molecule has 9 nitrogen and oxygen atoms in total. The molecule has 5 heterocycles. The highest BCUT2D eigenvalue weighted by Crippen LogP contribution is 2.41. The Balaban J connectivity index is 1.29. The number of hydrogen-bond donors (Lipinski definition) is 0. The number of aromatic nitrogens is 3. The fourth-order valence-corrected chi connectivity index (χ4v) is 6.59. The molecule has 1 aromatic carbocycles. The standard InChI is InChI=1S/C23H22N4O5S3/c1-12-15(24-22(33-12)27-4-6-30-7-5-27)11-31-16-8-13(28-2)9-17-14(16)10-18(32-17)19-25-20-21(34-19)26-23(29-3)35-20/h8-10H,4-7,11H2,1-3H3. The number of benzene rings is 1. The van der Waals surface area contributed by atoms with Gasteiger partial charge in [-0.05, 0) is 13.0 Å². The lowest BCUT2D eigenvalue weighted by atomic mass is 10.2. The lowest BCUT2D eigenvalue weighted by Gasteiger charge is -2.26. The van der Waals surface area contributed by atoms with E-state index in [0.29, 0.717) is 34.6 Å². The van der Waals surface area contributed by atoms with E-state index in [9.17, 15) is 0 Å². The summed E-state index contributed by atoms with van der Waals surface area (Å²) in [5.74, 6) is 1.99. The van der Waals surface area contributed by atoms with Crippen molar-refractivity contribution in [3.05, 3.63) is 28.8 Å². The van der Waals surface area contributed by atoms with Crippen LogP contribution in [0.3, 0.4) is 0 Å². The Bertz CT molecular complexity index is 1470. The summed E-state index contributed by atoms with van der Waals surface area (Å²) in [5.41, 5.74) is 1.60. The predicted molar refractivity (Wildman–Crippen MR) is 138 cm³/mol. The summed E-state index contributed by atoms with van der Waals surface area (Å²) < 4.78 is 28.6. The molecule has 6 rings (SSSR count). The maximum atomic E-state index is 6.27. The summed E-state index contributed by atoms with van der Waals surface area (Å²) in [6.07, 6.45) is 0. The van der Waals surface area contributed by atoms with E-state index in [1.807, 2.05) is 18.2 Å². The second kappa shape index (κ2) is 9.26. The second-order valence-electron chi connectivity index (χ2n) is 7.85. The average Bonchev–Trinajstić information content (AvgIpc) is 3.64. The van der Waals surface area contributed by atoms with Crippen molar-refractivity contribution in [1.82, 2.24) is 15.0 Å². The molecule has 35 heavy (non-hydrogen) atoms. The number of thiazole rings is 3. The van der Waals surface area contributed by atoms with Gasteiger partial charge in [0.1, 0.15) is 23.7 Å². The van der Waals surface area contributed by atoms with Gasteiger partial charge in [0.15, 0.2) is 25.6 Å². The molecule has 5 aromatic rings. The Labute approximate surface area is 212 Å². The number of furan rings is 1. The smallest absolute Gasteiger partial charge is 0.276 e. The van der Waals surface area contributed by atoms with Gasteiger partial charge in [0.25, 0.3) is 5.19 Å². The molecule has 0 bridgehead atoms. The molecule has 1 aliphatic rings. The first-order valence-corrected chi connectivity index (χ1v) is 13.4. The number of ether oxygens (including phenoxy) is 4. The van der Waals surface area contributed by atoms with Gasteiger partial charge in [-0.3, -0.25) is 0 Å². The molecule has 4 aromatic heterocycles. The van der Waals surface area contributed by atoms with Crippen molar-refractivity contribution in [2.75, 3.05) is 45.4 Å². The molecule has 0 aliphatic carbocycles. The summed E-state index contributed by atoms with van der Waals surface area (Å²) in [4.78, 5) is 19.0. The van der Waals surface area contributed by atoms with Gasteiger partial charge in [0, 0.05) is 30.1 Å². The first kappa shape index (κ1) is 22.5. The average molecular weight is 531 g/mol. The topological polar surface area (TPSA) is 92.0 Å². The molecular weight excluding hydrogens is 508 g/mol. The monoisotopic (exact) mass is 530 g/mol. The lowest BCUT2D eigenvalue weighted by Crippen LogP contribution is -2.36. The fraction of sp³-hybridized carbons (Fsp3) is 0.348. The first-order valence-electron chi connectivity index (χ1n) is 11.0. The fourth-order valence-electron chi connectivity index (χ4n) is 3.82. The van der Waals surface area contributed by atoms with Crippen LogP contribution in [0.4, 0.5) is 5.13 Å². The van der Waals surface area contributed by atoms with Crippen molar-refractivity contribution < 1.29 is 23.4 Å². The molecule has 182 valence electrons. The third kappa shape index (κ3) is 4.31. The Kier molecular flexibility index (Phi) is 5.96. The van der Waals surface area contributed by atoms with E-state index < -0.39 is 0 Å². The molecule has 1 fully saturated rings. The highest BCUT2D eigenvalue weighted by Gasteiger charge is 2.20. The Morgan fingerprint density at radius 2 is 1.80 bits per heavy atom. The molecule has 0 saturated carbocycles. The third-order valence-corrected chi connectivity index (χ3v) is 8.76. The summed E-state index contributed by atoms with van der Waals surface area (Å²) in [6, 6.07) is 5.68. The third-order valence-electron chi connectivity index (χ3n) is 5.68. The number of nitrogens with zero attached hydrogens (tertiary/aromatic N) is 4. The van der Waals surface area contributed by atoms with Crippen molar-refractivity contribution in [3.63, 3.8) is 0 Å². The van der Waals surface area contributed by atoms with Gasteiger partial charge in [-0.2, -0.15) is 4.98 Å². The molecule has 0 unspecified atom stereocenters. The molecule has 1 aliphatic heterocycles. The van der Waals surface area contributed by atoms with Gasteiger partial charge in [-0.25, -0.2) is 9.97 Å². The highest BCUT2D eigenvalue weighted by atomic mass is 32.1. The van der Waals surface area contributed by atoms with Crippen LogP contribution >= 0.6 is 34.0 Å². The van der Waals surface area contributed by atoms with Gasteiger partial charge in [0.05, 0.1) is 38.5 Å². The maximum Gasteiger partial charge on any atom is 0.276 e. The SMILES string of the molecule is COc1cc(OCc2nc(N3CCOCC3)sc2C)c2cc(-c3nc4sc(OC)nc4s3)oc2c1. The maximum absolute atomic E-state index is 6.27. The van der Waals surface area contributed by atoms with Gasteiger partial charge < -0.3 is 28.3 Å². The lowest BCUT2D eigenvalue weighted by molar-refractivity contribution is 0.122. The van der Waals surface area contributed by atoms with E-state index in [-0.39, 0.29) is 0 Å². The summed E-state index contributed by atoms with van der Waals surface area (Å²) >= 11 is 4.57. The molecule has 0 atom stereocenters. The van der Waals surface area contributed by atoms with Crippen LogP contribution in [0.15, 0.2) is 22.6 Å². The highest BCUT2D eigenvalue weighted by molar-refractivity contribution is 7.28. The van der Waals surface area contributed by atoms with Crippen LogP contribution in [0, 0.1) is 6.92 Å². The Morgan fingerprint density at radius 3 is 2.57 bits per heavy atom. The van der Waals surface area contributed by atoms with Crippen molar-refractivity contribution in [1.29, 1.82) is 0 Å². The molecule has 0 spiro atoms. The van der Waals surface area contributed by atoms with Crippen molar-refractivity contribution in [2.45, 2.75) is 13.5 Å². The van der Waals surface area contributed by atoms with Gasteiger partial charge >= 0.3 is 0 Å². The Hall–Kier alpha value is -2.93. The number of rotatable bonds is 7. The number of hydrogen-bond acceptors (Lipinski definition) is 12. The molecule has 0 N–H and O–H groups in total. The van der Waals surface area contributed by atoms with E-state index in [4.69, 9.17) is 28.3 Å². The van der Waals surface area contributed by atoms with E-state index in [1.54, 1.807) is 25.6 Å². The van der Waals surface area contributed by atoms with Crippen LogP contribution in [0.5, 0.6) is 16.7 Å². The van der Waals surface area contributed by atoms with Gasteiger partial charge in [0.2, 0.25) is 0 Å². The second-order valence-corrected chi connectivity index (χ2v) is 10.9. The van der Waals surface area contributed by atoms with Crippen molar-refractivity contribution in [3.8, 4) is 27.5 Å². The predicted octanol–water partition coefficient (Wildman–Crippen LogP) is 5.36. The van der Waals surface area contributed by atoms with E-state index in [1.165, 1.54) is 22.7 Å². The molecule has 0 radical (unpaired) electrons. The van der Waals surface area contributed by atoms with Crippen LogP contribution in [0.25, 0.3) is 31.4 Å². The molecule has 1 saturated heterocycles. The quantitative estimate of drug-likeness (QED) is 0.276. The van der Waals surface area contributed by atoms with Crippen molar-refractivity contribution in [2.24, 2.45) is 0 Å². The van der Waals surface area contributed by atoms with Gasteiger partial charge in [-0.1, -0.05) is 22.7 Å². The van der Waals surface area contributed by atoms with Crippen LogP contribution in [-0.4, -0.2) is 55.5 Å². The first-order chi connectivity index (χ1) is 17.1. The zero-order chi connectivity index (χ0) is 23.9. The zero-order valence-electron chi connectivity index (χ0n) is 19.3. The largest absolute Gasteiger partial charge is 0.496 e. The summed E-state index contributed by atoms with van der Waals surface area (Å²) in [5, 5.41) is 3.23. The molecule has 12 heteroatoms. The molecular formula is C23H22N4O5S3.